The van der Waals surface area contributed by atoms with Crippen molar-refractivity contribution in [1.82, 2.24) is 4.57 Å². The highest BCUT2D eigenvalue weighted by Gasteiger charge is 2.31. The standard InChI is InChI=1S/C24H20Cl2N2O5S/c1-4-33-23(31)19-12(2)28-22(30)18(10-14-9-15(25)11-17(26)21(14)29)34-24(28)27-20(19)13-5-7-16(32-3)8-6-13/h5-11,20,29H,4H2,1-3H3/b18-10-/t20-/m0/s1. The number of thiazole rings is 1. The van der Waals surface area contributed by atoms with E-state index in [1.165, 1.54) is 22.8 Å². The number of halogens is 2. The second kappa shape index (κ2) is 9.66. The van der Waals surface area contributed by atoms with E-state index in [0.29, 0.717) is 31.4 Å². The smallest absolute Gasteiger partial charge is 0.338 e. The van der Waals surface area contributed by atoms with E-state index in [9.17, 15) is 14.7 Å². The molecule has 176 valence electrons. The molecule has 7 nitrogen and oxygen atoms in total. The summed E-state index contributed by atoms with van der Waals surface area (Å²) >= 11 is 13.2. The minimum Gasteiger partial charge on any atom is -0.506 e. The number of hydrogen-bond donors (Lipinski definition) is 1. The van der Waals surface area contributed by atoms with Crippen molar-refractivity contribution < 1.29 is 19.4 Å². The first-order valence-corrected chi connectivity index (χ1v) is 11.8. The van der Waals surface area contributed by atoms with Crippen molar-refractivity contribution in [3.05, 3.63) is 82.8 Å². The van der Waals surface area contributed by atoms with Crippen molar-refractivity contribution in [1.29, 1.82) is 0 Å². The first-order valence-electron chi connectivity index (χ1n) is 10.3. The molecule has 0 spiro atoms. The second-order valence-electron chi connectivity index (χ2n) is 7.38. The molecular weight excluding hydrogens is 499 g/mol. The van der Waals surface area contributed by atoms with Gasteiger partial charge in [0.25, 0.3) is 5.56 Å². The molecule has 2 aromatic carbocycles. The number of rotatable bonds is 5. The van der Waals surface area contributed by atoms with E-state index in [4.69, 9.17) is 37.7 Å². The Bertz CT molecular complexity index is 1490. The van der Waals surface area contributed by atoms with Crippen molar-refractivity contribution in [2.24, 2.45) is 4.99 Å². The number of nitrogens with zero attached hydrogens (tertiary/aromatic N) is 2. The predicted molar refractivity (Wildman–Crippen MR) is 132 cm³/mol. The minimum atomic E-state index is -0.662. The lowest BCUT2D eigenvalue weighted by Crippen LogP contribution is -2.35. The molecule has 3 aromatic rings. The van der Waals surface area contributed by atoms with Gasteiger partial charge in [0, 0.05) is 16.3 Å². The number of ether oxygens (including phenoxy) is 2. The number of methoxy groups -OCH3 is 1. The minimum absolute atomic E-state index is 0.0742. The van der Waals surface area contributed by atoms with Crippen LogP contribution in [0.1, 0.15) is 31.0 Å². The van der Waals surface area contributed by atoms with Crippen LogP contribution in [0.15, 0.2) is 51.8 Å². The largest absolute Gasteiger partial charge is 0.506 e. The van der Waals surface area contributed by atoms with E-state index in [1.54, 1.807) is 33.1 Å². The van der Waals surface area contributed by atoms with Gasteiger partial charge >= 0.3 is 5.97 Å². The van der Waals surface area contributed by atoms with Crippen LogP contribution < -0.4 is 19.6 Å². The predicted octanol–water partition coefficient (Wildman–Crippen LogP) is 3.93. The van der Waals surface area contributed by atoms with Crippen LogP contribution in [-0.2, 0) is 9.53 Å². The molecule has 1 atom stereocenters. The van der Waals surface area contributed by atoms with Crippen LogP contribution in [0, 0.1) is 0 Å². The topological polar surface area (TPSA) is 90.1 Å². The number of phenols is 1. The zero-order valence-electron chi connectivity index (χ0n) is 18.5. The van der Waals surface area contributed by atoms with Gasteiger partial charge < -0.3 is 14.6 Å². The molecule has 0 amide bonds. The third-order valence-electron chi connectivity index (χ3n) is 5.32. The van der Waals surface area contributed by atoms with Crippen molar-refractivity contribution in [3.8, 4) is 11.5 Å². The zero-order chi connectivity index (χ0) is 24.6. The number of aromatic hydroxyl groups is 1. The Morgan fingerprint density at radius 2 is 1.97 bits per heavy atom. The Morgan fingerprint density at radius 3 is 2.62 bits per heavy atom. The normalized spacial score (nSPS) is 15.7. The Morgan fingerprint density at radius 1 is 1.26 bits per heavy atom. The summed E-state index contributed by atoms with van der Waals surface area (Å²) in [6.07, 6.45) is 1.50. The van der Waals surface area contributed by atoms with Gasteiger partial charge in [-0.15, -0.1) is 0 Å². The van der Waals surface area contributed by atoms with Gasteiger partial charge in [-0.2, -0.15) is 0 Å². The SMILES string of the molecule is CCOC(=O)C1=C(C)n2c(s/c(=C\c3cc(Cl)cc(Cl)c3O)c2=O)=N[C@H]1c1ccc(OC)cc1. The lowest BCUT2D eigenvalue weighted by molar-refractivity contribution is -0.138. The monoisotopic (exact) mass is 518 g/mol. The highest BCUT2D eigenvalue weighted by molar-refractivity contribution is 7.07. The first kappa shape index (κ1) is 24.1. The highest BCUT2D eigenvalue weighted by atomic mass is 35.5. The molecule has 0 saturated carbocycles. The number of fused-ring (bicyclic) bond motifs is 1. The van der Waals surface area contributed by atoms with Crippen LogP contribution in [0.25, 0.3) is 11.8 Å². The molecule has 0 bridgehead atoms. The molecule has 0 fully saturated rings. The lowest BCUT2D eigenvalue weighted by atomic mass is 9.96. The quantitative estimate of drug-likeness (QED) is 0.516. The Labute approximate surface area is 208 Å². The molecule has 1 aliphatic heterocycles. The zero-order valence-corrected chi connectivity index (χ0v) is 20.8. The Balaban J connectivity index is 1.95. The van der Waals surface area contributed by atoms with E-state index in [1.807, 2.05) is 12.1 Å². The number of hydrogen-bond acceptors (Lipinski definition) is 7. The summed E-state index contributed by atoms with van der Waals surface area (Å²) in [5.41, 5.74) is 1.37. The maximum atomic E-state index is 13.3. The van der Waals surface area contributed by atoms with Gasteiger partial charge in [0.15, 0.2) is 4.80 Å². The second-order valence-corrected chi connectivity index (χ2v) is 9.24. The number of allylic oxidation sites excluding steroid dienone is 1. The molecule has 0 aliphatic carbocycles. The van der Waals surface area contributed by atoms with Gasteiger partial charge in [-0.1, -0.05) is 46.7 Å². The average Bonchev–Trinajstić information content (AvgIpc) is 3.12. The molecule has 1 N–H and O–H groups in total. The fraction of sp³-hybridized carbons (Fsp3) is 0.208. The van der Waals surface area contributed by atoms with Crippen molar-refractivity contribution in [2.45, 2.75) is 19.9 Å². The summed E-state index contributed by atoms with van der Waals surface area (Å²) < 4.78 is 12.2. The van der Waals surface area contributed by atoms with Crippen molar-refractivity contribution in [2.75, 3.05) is 13.7 Å². The summed E-state index contributed by atoms with van der Waals surface area (Å²) in [6, 6.07) is 9.46. The summed E-state index contributed by atoms with van der Waals surface area (Å²) in [5, 5.41) is 10.7. The molecule has 4 rings (SSSR count). The van der Waals surface area contributed by atoms with Crippen LogP contribution in [0.5, 0.6) is 11.5 Å². The Kier molecular flexibility index (Phi) is 6.84. The van der Waals surface area contributed by atoms with E-state index in [-0.39, 0.29) is 28.5 Å². The van der Waals surface area contributed by atoms with E-state index in [2.05, 4.69) is 0 Å². The third-order valence-corrected chi connectivity index (χ3v) is 6.80. The molecule has 2 heterocycles. The van der Waals surface area contributed by atoms with Gasteiger partial charge in [0.1, 0.15) is 17.5 Å². The molecule has 1 aliphatic rings. The first-order chi connectivity index (χ1) is 16.2. The van der Waals surface area contributed by atoms with Gasteiger partial charge in [0.05, 0.1) is 28.8 Å². The van der Waals surface area contributed by atoms with Crippen LogP contribution in [0.4, 0.5) is 0 Å². The molecule has 34 heavy (non-hydrogen) atoms. The molecule has 0 unspecified atom stereocenters. The Hall–Kier alpha value is -3.07. The number of benzene rings is 2. The molecule has 0 saturated heterocycles. The highest BCUT2D eigenvalue weighted by Crippen LogP contribution is 2.34. The van der Waals surface area contributed by atoms with Crippen LogP contribution in [0.3, 0.4) is 0 Å². The summed E-state index contributed by atoms with van der Waals surface area (Å²) in [4.78, 5) is 31.3. The number of carbonyl (C=O) groups is 1. The lowest BCUT2D eigenvalue weighted by Gasteiger charge is -2.22. The van der Waals surface area contributed by atoms with Crippen LogP contribution >= 0.6 is 34.5 Å². The summed E-state index contributed by atoms with van der Waals surface area (Å²) in [6.45, 7) is 3.59. The van der Waals surface area contributed by atoms with Crippen molar-refractivity contribution >= 4 is 52.3 Å². The molecule has 10 heteroatoms. The van der Waals surface area contributed by atoms with E-state index < -0.39 is 12.0 Å². The number of aromatic nitrogens is 1. The molecule has 0 radical (unpaired) electrons. The number of carbonyl (C=O) groups excluding carboxylic acids is 1. The molecular formula is C24H20Cl2N2O5S. The summed E-state index contributed by atoms with van der Waals surface area (Å²) in [5.74, 6) is -0.0599. The number of esters is 1. The van der Waals surface area contributed by atoms with Crippen LogP contribution in [-0.4, -0.2) is 29.4 Å². The van der Waals surface area contributed by atoms with E-state index >= 15 is 0 Å². The molecule has 1 aromatic heterocycles. The average molecular weight is 519 g/mol. The number of phenolic OH excluding ortho intramolecular Hbond substituents is 1. The van der Waals surface area contributed by atoms with Gasteiger partial charge in [-0.3, -0.25) is 9.36 Å². The van der Waals surface area contributed by atoms with Gasteiger partial charge in [-0.05, 0) is 49.8 Å². The van der Waals surface area contributed by atoms with Crippen molar-refractivity contribution in [3.63, 3.8) is 0 Å². The maximum Gasteiger partial charge on any atom is 0.338 e. The maximum absolute atomic E-state index is 13.3. The fourth-order valence-corrected chi connectivity index (χ4v) is 5.22. The van der Waals surface area contributed by atoms with Crippen LogP contribution in [0.2, 0.25) is 10.0 Å². The summed E-state index contributed by atoms with van der Waals surface area (Å²) in [7, 11) is 1.57. The van der Waals surface area contributed by atoms with E-state index in [0.717, 1.165) is 16.9 Å². The van der Waals surface area contributed by atoms with Gasteiger partial charge in [0.2, 0.25) is 0 Å². The third kappa shape index (κ3) is 4.36. The van der Waals surface area contributed by atoms with Gasteiger partial charge in [-0.25, -0.2) is 9.79 Å². The fourth-order valence-electron chi connectivity index (χ4n) is 3.68.